The van der Waals surface area contributed by atoms with Crippen LogP contribution in [0.3, 0.4) is 0 Å². The fraction of sp³-hybridized carbons (Fsp3) is 0.500. The van der Waals surface area contributed by atoms with Crippen LogP contribution in [-0.4, -0.2) is 16.3 Å². The van der Waals surface area contributed by atoms with Gasteiger partial charge in [-0.1, -0.05) is 53.1 Å². The van der Waals surface area contributed by atoms with E-state index in [1.807, 2.05) is 29.0 Å². The van der Waals surface area contributed by atoms with Crippen molar-refractivity contribution in [1.29, 1.82) is 0 Å². The van der Waals surface area contributed by atoms with Crippen molar-refractivity contribution < 1.29 is 11.3 Å². The molecule has 2 nitrogen and oxygen atoms in total. The van der Waals surface area contributed by atoms with Gasteiger partial charge in [-0.15, -0.1) is 0 Å². The Bertz CT molecular complexity index is 360. The maximum absolute atomic E-state index is 10.4. The maximum Gasteiger partial charge on any atom is 0.303 e. The Morgan fingerprint density at radius 1 is 1.39 bits per heavy atom. The molecule has 0 fully saturated rings. The van der Waals surface area contributed by atoms with Gasteiger partial charge in [-0.05, 0) is 31.4 Å². The van der Waals surface area contributed by atoms with Crippen LogP contribution >= 0.6 is 21.6 Å². The number of aliphatic carboxylic acids is 1. The molecule has 100 valence electrons. The highest BCUT2D eigenvalue weighted by molar-refractivity contribution is 8.76. The fourth-order valence-corrected chi connectivity index (χ4v) is 4.02. The summed E-state index contributed by atoms with van der Waals surface area (Å²) in [7, 11) is 3.56. The number of carboxylic acids is 1. The molecule has 0 aliphatic heterocycles. The molecule has 0 aromatic heterocycles. The number of carbonyl (C=O) groups is 1. The van der Waals surface area contributed by atoms with Crippen molar-refractivity contribution in [1.82, 2.24) is 0 Å². The van der Waals surface area contributed by atoms with E-state index in [2.05, 4.69) is 12.1 Å². The third kappa shape index (κ3) is 6.97. The number of unbranched alkanes of at least 4 members (excludes halogenated alkanes) is 1. The summed E-state index contributed by atoms with van der Waals surface area (Å²) in [6.07, 6.45) is 3.79. The first-order valence-electron chi connectivity index (χ1n) is 6.82. The van der Waals surface area contributed by atoms with E-state index in [1.165, 1.54) is 4.90 Å². The molecule has 1 aromatic rings. The average Bonchev–Trinajstić information content (AvgIpc) is 2.41. The second-order valence-corrected chi connectivity index (χ2v) is 6.62. The van der Waals surface area contributed by atoms with Gasteiger partial charge in [0, 0.05) is 17.9 Å². The van der Waals surface area contributed by atoms with Crippen molar-refractivity contribution in [2.45, 2.75) is 49.1 Å². The first-order valence-corrected chi connectivity index (χ1v) is 8.33. The summed E-state index contributed by atoms with van der Waals surface area (Å²) in [5.74, 6) is -0.719. The van der Waals surface area contributed by atoms with Crippen LogP contribution in [-0.2, 0) is 4.79 Å². The predicted octanol–water partition coefficient (Wildman–Crippen LogP) is 4.85. The van der Waals surface area contributed by atoms with E-state index in [9.17, 15) is 4.79 Å². The molecule has 0 bridgehead atoms. The summed E-state index contributed by atoms with van der Waals surface area (Å²) >= 11 is 0. The van der Waals surface area contributed by atoms with Crippen LogP contribution < -0.4 is 0 Å². The summed E-state index contributed by atoms with van der Waals surface area (Å²) in [5.41, 5.74) is 0. The highest BCUT2D eigenvalue weighted by Crippen LogP contribution is 2.37. The molecule has 0 spiro atoms. The van der Waals surface area contributed by atoms with E-state index in [1.54, 1.807) is 10.8 Å². The molecule has 18 heavy (non-hydrogen) atoms. The summed E-state index contributed by atoms with van der Waals surface area (Å²) in [4.78, 5) is 11.7. The summed E-state index contributed by atoms with van der Waals surface area (Å²) in [6.45, 7) is 0.436. The topological polar surface area (TPSA) is 37.3 Å². The SMILES string of the molecule is [3H]CCC(CCCCC(=O)O)SSc1ccccc1. The third-order valence-corrected chi connectivity index (χ3v) is 5.50. The van der Waals surface area contributed by atoms with Gasteiger partial charge in [-0.2, -0.15) is 0 Å². The van der Waals surface area contributed by atoms with Crippen LogP contribution in [0.5, 0.6) is 0 Å². The van der Waals surface area contributed by atoms with Crippen molar-refractivity contribution >= 4 is 27.6 Å². The summed E-state index contributed by atoms with van der Waals surface area (Å²) in [6, 6.07) is 10.2. The monoisotopic (exact) mass is 286 g/mol. The lowest BCUT2D eigenvalue weighted by Crippen LogP contribution is -2.00. The highest BCUT2D eigenvalue weighted by atomic mass is 33.1. The number of rotatable bonds is 9. The van der Waals surface area contributed by atoms with Crippen LogP contribution in [0, 0.1) is 0 Å². The normalized spacial score (nSPS) is 13.0. The Labute approximate surface area is 118 Å². The number of carboxylic acid groups (broad SMARTS) is 1. The second kappa shape index (κ2) is 9.34. The molecule has 0 saturated heterocycles. The van der Waals surface area contributed by atoms with Crippen LogP contribution in [0.2, 0.25) is 0 Å². The zero-order chi connectivity index (χ0) is 13.9. The average molecular weight is 286 g/mol. The molecular weight excluding hydrogens is 264 g/mol. The van der Waals surface area contributed by atoms with E-state index >= 15 is 0 Å². The van der Waals surface area contributed by atoms with Crippen LogP contribution in [0.25, 0.3) is 0 Å². The smallest absolute Gasteiger partial charge is 0.303 e. The van der Waals surface area contributed by atoms with Gasteiger partial charge in [0.15, 0.2) is 0 Å². The predicted molar refractivity (Wildman–Crippen MR) is 80.1 cm³/mol. The molecule has 0 saturated carbocycles. The minimum atomic E-state index is -0.719. The molecule has 0 aliphatic rings. The Hall–Kier alpha value is -0.610. The summed E-state index contributed by atoms with van der Waals surface area (Å²) < 4.78 is 7.35. The molecule has 0 heterocycles. The van der Waals surface area contributed by atoms with Crippen molar-refractivity contribution in [2.75, 3.05) is 0 Å². The van der Waals surface area contributed by atoms with Gasteiger partial charge in [-0.25, -0.2) is 0 Å². The quantitative estimate of drug-likeness (QED) is 0.520. The lowest BCUT2D eigenvalue weighted by atomic mass is 10.1. The van der Waals surface area contributed by atoms with Crippen LogP contribution in [0.1, 0.15) is 40.4 Å². The third-order valence-electron chi connectivity index (χ3n) is 2.51. The molecule has 4 heteroatoms. The Morgan fingerprint density at radius 2 is 2.17 bits per heavy atom. The number of benzene rings is 1. The zero-order valence-corrected chi connectivity index (χ0v) is 12.0. The molecule has 1 atom stereocenters. The van der Waals surface area contributed by atoms with E-state index in [-0.39, 0.29) is 6.42 Å². The maximum atomic E-state index is 10.4. The van der Waals surface area contributed by atoms with Gasteiger partial charge in [0.2, 0.25) is 0 Å². The zero-order valence-electron chi connectivity index (χ0n) is 11.4. The van der Waals surface area contributed by atoms with Gasteiger partial charge in [0.25, 0.3) is 0 Å². The van der Waals surface area contributed by atoms with Crippen molar-refractivity contribution in [3.8, 4) is 0 Å². The molecule has 0 radical (unpaired) electrons. The summed E-state index contributed by atoms with van der Waals surface area (Å²) in [5, 5.41) is 9.04. The van der Waals surface area contributed by atoms with Gasteiger partial charge in [0.05, 0.1) is 0 Å². The van der Waals surface area contributed by atoms with Gasteiger partial charge in [-0.3, -0.25) is 4.79 Å². The van der Waals surface area contributed by atoms with Crippen molar-refractivity contribution in [3.63, 3.8) is 0 Å². The highest BCUT2D eigenvalue weighted by Gasteiger charge is 2.08. The first-order chi connectivity index (χ1) is 9.22. The van der Waals surface area contributed by atoms with Gasteiger partial charge >= 0.3 is 5.97 Å². The largest absolute Gasteiger partial charge is 0.481 e. The lowest BCUT2D eigenvalue weighted by Gasteiger charge is -2.13. The molecule has 1 aromatic carbocycles. The Kier molecular flexibility index (Phi) is 7.17. The fourth-order valence-electron chi connectivity index (χ4n) is 1.49. The first kappa shape index (κ1) is 13.8. The molecule has 0 aliphatic carbocycles. The number of hydrogen-bond donors (Lipinski definition) is 1. The minimum Gasteiger partial charge on any atom is -0.481 e. The molecule has 1 rings (SSSR count). The van der Waals surface area contributed by atoms with E-state index in [0.29, 0.717) is 12.1 Å². The standard InChI is InChI=1S/C14H20O2S2/c1-2-12(8-6-7-11-14(15)16)17-18-13-9-4-3-5-10-13/h3-5,9-10,12H,2,6-8,11H2,1H3,(H,15,16)/i1T. The molecule has 1 N–H and O–H groups in total. The van der Waals surface area contributed by atoms with Crippen LogP contribution in [0.4, 0.5) is 0 Å². The van der Waals surface area contributed by atoms with Crippen molar-refractivity contribution in [3.05, 3.63) is 30.3 Å². The van der Waals surface area contributed by atoms with Gasteiger partial charge < -0.3 is 5.11 Å². The van der Waals surface area contributed by atoms with Gasteiger partial charge in [0.1, 0.15) is 0 Å². The Balaban J connectivity index is 2.25. The van der Waals surface area contributed by atoms with Crippen LogP contribution in [0.15, 0.2) is 35.2 Å². The van der Waals surface area contributed by atoms with E-state index in [0.717, 1.165) is 25.7 Å². The molecular formula is C14H20O2S2. The van der Waals surface area contributed by atoms with Crippen molar-refractivity contribution in [2.24, 2.45) is 0 Å². The molecule has 0 amide bonds. The minimum absolute atomic E-state index is 0.254. The van der Waals surface area contributed by atoms with E-state index in [4.69, 9.17) is 6.48 Å². The van der Waals surface area contributed by atoms with E-state index < -0.39 is 5.97 Å². The molecule has 1 unspecified atom stereocenters. The Morgan fingerprint density at radius 3 is 2.83 bits per heavy atom. The second-order valence-electron chi connectivity index (χ2n) is 4.04. The number of hydrogen-bond acceptors (Lipinski definition) is 3. The lowest BCUT2D eigenvalue weighted by molar-refractivity contribution is -0.137.